The molecule has 2 N–H and O–H groups in total. The molecular weight excluding hydrogens is 262 g/mol. The van der Waals surface area contributed by atoms with Gasteiger partial charge in [0.2, 0.25) is 0 Å². The van der Waals surface area contributed by atoms with Crippen LogP contribution in [0.5, 0.6) is 0 Å². The first-order valence-corrected chi connectivity index (χ1v) is 6.32. The van der Waals surface area contributed by atoms with Gasteiger partial charge >= 0.3 is 0 Å². The second-order valence-electron chi connectivity index (χ2n) is 4.32. The number of hydrogen-bond donors (Lipinski definition) is 2. The van der Waals surface area contributed by atoms with Gasteiger partial charge in [0.15, 0.2) is 0 Å². The van der Waals surface area contributed by atoms with E-state index >= 15 is 0 Å². The Morgan fingerprint density at radius 2 is 2.20 bits per heavy atom. The average Bonchev–Trinajstić information content (AvgIpc) is 2.39. The SMILES string of the molecule is CCNc1c(C(=O)NC(C)COC)cccc1[N+](=O)[O-]. The summed E-state index contributed by atoms with van der Waals surface area (Å²) in [5, 5.41) is 16.6. The minimum absolute atomic E-state index is 0.112. The monoisotopic (exact) mass is 281 g/mol. The van der Waals surface area contributed by atoms with Crippen LogP contribution in [0.2, 0.25) is 0 Å². The molecule has 0 aliphatic rings. The van der Waals surface area contributed by atoms with Crippen molar-refractivity contribution in [1.82, 2.24) is 5.32 Å². The van der Waals surface area contributed by atoms with Crippen LogP contribution in [-0.4, -0.2) is 37.1 Å². The smallest absolute Gasteiger partial charge is 0.293 e. The van der Waals surface area contributed by atoms with Gasteiger partial charge in [0.1, 0.15) is 5.69 Å². The van der Waals surface area contributed by atoms with Crippen LogP contribution in [0, 0.1) is 10.1 Å². The molecule has 0 bridgehead atoms. The summed E-state index contributed by atoms with van der Waals surface area (Å²) < 4.78 is 4.94. The normalized spacial score (nSPS) is 11.8. The molecule has 0 saturated heterocycles. The van der Waals surface area contributed by atoms with E-state index in [4.69, 9.17) is 4.74 Å². The van der Waals surface area contributed by atoms with Gasteiger partial charge in [-0.25, -0.2) is 0 Å². The molecule has 0 saturated carbocycles. The third-order valence-corrected chi connectivity index (χ3v) is 2.63. The van der Waals surface area contributed by atoms with Gasteiger partial charge in [-0.15, -0.1) is 0 Å². The number of methoxy groups -OCH3 is 1. The van der Waals surface area contributed by atoms with Crippen molar-refractivity contribution in [3.63, 3.8) is 0 Å². The Morgan fingerprint density at radius 1 is 1.50 bits per heavy atom. The molecule has 110 valence electrons. The summed E-state index contributed by atoms with van der Waals surface area (Å²) in [5.41, 5.74) is 0.380. The van der Waals surface area contributed by atoms with E-state index in [9.17, 15) is 14.9 Å². The van der Waals surface area contributed by atoms with E-state index in [1.165, 1.54) is 12.1 Å². The molecule has 1 unspecified atom stereocenters. The van der Waals surface area contributed by atoms with Crippen molar-refractivity contribution in [2.45, 2.75) is 19.9 Å². The summed E-state index contributed by atoms with van der Waals surface area (Å²) in [6.45, 7) is 4.47. The van der Waals surface area contributed by atoms with Crippen molar-refractivity contribution in [3.8, 4) is 0 Å². The summed E-state index contributed by atoms with van der Waals surface area (Å²) in [5.74, 6) is -0.366. The summed E-state index contributed by atoms with van der Waals surface area (Å²) in [6, 6.07) is 4.24. The molecule has 0 spiro atoms. The zero-order valence-electron chi connectivity index (χ0n) is 11.8. The van der Waals surface area contributed by atoms with Gasteiger partial charge in [-0.3, -0.25) is 14.9 Å². The van der Waals surface area contributed by atoms with E-state index in [1.54, 1.807) is 20.1 Å². The molecule has 0 fully saturated rings. The van der Waals surface area contributed by atoms with Gasteiger partial charge < -0.3 is 15.4 Å². The highest BCUT2D eigenvalue weighted by atomic mass is 16.6. The van der Waals surface area contributed by atoms with E-state index < -0.39 is 4.92 Å². The number of ether oxygens (including phenoxy) is 1. The van der Waals surface area contributed by atoms with Gasteiger partial charge in [-0.1, -0.05) is 6.07 Å². The zero-order chi connectivity index (χ0) is 15.1. The fourth-order valence-corrected chi connectivity index (χ4v) is 1.84. The van der Waals surface area contributed by atoms with Crippen molar-refractivity contribution in [2.75, 3.05) is 25.6 Å². The molecule has 0 aliphatic carbocycles. The molecule has 1 atom stereocenters. The van der Waals surface area contributed by atoms with Crippen LogP contribution >= 0.6 is 0 Å². The van der Waals surface area contributed by atoms with Crippen LogP contribution in [0.25, 0.3) is 0 Å². The van der Waals surface area contributed by atoms with Gasteiger partial charge in [0.05, 0.1) is 17.1 Å². The number of carbonyl (C=O) groups excluding carboxylic acids is 1. The maximum absolute atomic E-state index is 12.2. The van der Waals surface area contributed by atoms with Crippen LogP contribution in [0.4, 0.5) is 11.4 Å². The molecule has 7 nitrogen and oxygen atoms in total. The van der Waals surface area contributed by atoms with Crippen LogP contribution in [-0.2, 0) is 4.74 Å². The lowest BCUT2D eigenvalue weighted by molar-refractivity contribution is -0.384. The molecule has 1 rings (SSSR count). The number of nitrogens with zero attached hydrogens (tertiary/aromatic N) is 1. The summed E-state index contributed by atoms with van der Waals surface area (Å²) >= 11 is 0. The molecule has 20 heavy (non-hydrogen) atoms. The number of rotatable bonds is 7. The number of benzene rings is 1. The highest BCUT2D eigenvalue weighted by Gasteiger charge is 2.21. The first-order valence-electron chi connectivity index (χ1n) is 6.32. The number of nitrogens with one attached hydrogen (secondary N) is 2. The van der Waals surface area contributed by atoms with Crippen molar-refractivity contribution in [1.29, 1.82) is 0 Å². The van der Waals surface area contributed by atoms with Crippen molar-refractivity contribution in [3.05, 3.63) is 33.9 Å². The zero-order valence-corrected chi connectivity index (χ0v) is 11.8. The number of nitro benzene ring substituents is 1. The number of anilines is 1. The molecule has 1 aromatic carbocycles. The molecule has 1 amide bonds. The Bertz CT molecular complexity index is 491. The second kappa shape index (κ2) is 7.44. The first-order chi connectivity index (χ1) is 9.51. The lowest BCUT2D eigenvalue weighted by Gasteiger charge is -2.15. The Morgan fingerprint density at radius 3 is 2.75 bits per heavy atom. The van der Waals surface area contributed by atoms with E-state index in [0.717, 1.165) is 0 Å². The Hall–Kier alpha value is -2.15. The number of carbonyl (C=O) groups is 1. The van der Waals surface area contributed by atoms with Gasteiger partial charge in [0.25, 0.3) is 11.6 Å². The minimum Gasteiger partial charge on any atom is -0.383 e. The maximum atomic E-state index is 12.2. The van der Waals surface area contributed by atoms with Crippen LogP contribution in [0.15, 0.2) is 18.2 Å². The third kappa shape index (κ3) is 3.92. The van der Waals surface area contributed by atoms with Gasteiger partial charge in [-0.05, 0) is 19.9 Å². The van der Waals surface area contributed by atoms with Crippen molar-refractivity contribution in [2.24, 2.45) is 0 Å². The van der Waals surface area contributed by atoms with Crippen molar-refractivity contribution < 1.29 is 14.5 Å². The summed E-state index contributed by atoms with van der Waals surface area (Å²) in [4.78, 5) is 22.7. The number of hydrogen-bond acceptors (Lipinski definition) is 5. The third-order valence-electron chi connectivity index (χ3n) is 2.63. The molecular formula is C13H19N3O4. The van der Waals surface area contributed by atoms with Crippen LogP contribution in [0.1, 0.15) is 24.2 Å². The van der Waals surface area contributed by atoms with Crippen molar-refractivity contribution >= 4 is 17.3 Å². The van der Waals surface area contributed by atoms with Gasteiger partial charge in [-0.2, -0.15) is 0 Å². The van der Waals surface area contributed by atoms with E-state index in [1.807, 2.05) is 6.92 Å². The largest absolute Gasteiger partial charge is 0.383 e. The Kier molecular flexibility index (Phi) is 5.92. The summed E-state index contributed by atoms with van der Waals surface area (Å²) in [7, 11) is 1.54. The van der Waals surface area contributed by atoms with E-state index in [0.29, 0.717) is 13.2 Å². The predicted octanol–water partition coefficient (Wildman–Crippen LogP) is 1.79. The van der Waals surface area contributed by atoms with E-state index in [2.05, 4.69) is 10.6 Å². The standard InChI is InChI=1S/C13H19N3O4/c1-4-14-12-10(6-5-7-11(12)16(18)19)13(17)15-9(2)8-20-3/h5-7,9,14H,4,8H2,1-3H3,(H,15,17). The maximum Gasteiger partial charge on any atom is 0.293 e. The first kappa shape index (κ1) is 15.9. The highest BCUT2D eigenvalue weighted by Crippen LogP contribution is 2.28. The fourth-order valence-electron chi connectivity index (χ4n) is 1.84. The molecule has 0 aromatic heterocycles. The number of nitro groups is 1. The molecule has 1 aromatic rings. The average molecular weight is 281 g/mol. The molecule has 0 heterocycles. The molecule has 0 radical (unpaired) electrons. The summed E-state index contributed by atoms with van der Waals surface area (Å²) in [6.07, 6.45) is 0. The number of amides is 1. The Labute approximate surface area is 117 Å². The number of para-hydroxylation sites is 1. The van der Waals surface area contributed by atoms with E-state index in [-0.39, 0.29) is 28.9 Å². The second-order valence-corrected chi connectivity index (χ2v) is 4.32. The fraction of sp³-hybridized carbons (Fsp3) is 0.462. The quantitative estimate of drug-likeness (QED) is 0.587. The molecule has 7 heteroatoms. The predicted molar refractivity (Wildman–Crippen MR) is 76.1 cm³/mol. The molecule has 0 aliphatic heterocycles. The topological polar surface area (TPSA) is 93.5 Å². The highest BCUT2D eigenvalue weighted by molar-refractivity contribution is 6.01. The minimum atomic E-state index is -0.507. The lowest BCUT2D eigenvalue weighted by Crippen LogP contribution is -2.36. The lowest BCUT2D eigenvalue weighted by atomic mass is 10.1. The van der Waals surface area contributed by atoms with Gasteiger partial charge in [0, 0.05) is 25.8 Å². The van der Waals surface area contributed by atoms with Crippen LogP contribution < -0.4 is 10.6 Å². The van der Waals surface area contributed by atoms with Crippen LogP contribution in [0.3, 0.4) is 0 Å². The Balaban J connectivity index is 3.07.